The molecule has 4 rings (SSSR count). The Balaban J connectivity index is 1.75. The van der Waals surface area contributed by atoms with Crippen LogP contribution in [0.5, 0.6) is 0 Å². The van der Waals surface area contributed by atoms with E-state index in [1.165, 1.54) is 6.08 Å². The molecule has 0 saturated carbocycles. The predicted molar refractivity (Wildman–Crippen MR) is 118 cm³/mol. The summed E-state index contributed by atoms with van der Waals surface area (Å²) in [6, 6.07) is 11.2. The number of barbiturate groups is 1. The van der Waals surface area contributed by atoms with E-state index in [2.05, 4.69) is 10.3 Å². The Hall–Kier alpha value is -3.71. The smallest absolute Gasteiger partial charge is 0.303 e. The van der Waals surface area contributed by atoms with Gasteiger partial charge in [-0.25, -0.2) is 14.7 Å². The van der Waals surface area contributed by atoms with Crippen molar-refractivity contribution in [1.82, 2.24) is 14.9 Å². The van der Waals surface area contributed by atoms with Crippen LogP contribution in [0.3, 0.4) is 0 Å². The number of benzene rings is 1. The molecule has 0 radical (unpaired) electrons. The molecule has 31 heavy (non-hydrogen) atoms. The van der Waals surface area contributed by atoms with Crippen molar-refractivity contribution in [2.75, 3.05) is 4.90 Å². The summed E-state index contributed by atoms with van der Waals surface area (Å²) in [7, 11) is 0. The Labute approximate surface area is 184 Å². The quantitative estimate of drug-likeness (QED) is 0.496. The van der Waals surface area contributed by atoms with Gasteiger partial charge in [0.25, 0.3) is 11.8 Å². The number of anilines is 1. The first-order valence-electron chi connectivity index (χ1n) is 9.55. The third-order valence-corrected chi connectivity index (χ3v) is 5.33. The Morgan fingerprint density at radius 2 is 1.71 bits per heavy atom. The van der Waals surface area contributed by atoms with Crippen molar-refractivity contribution in [3.05, 3.63) is 81.8 Å². The molecule has 1 fully saturated rings. The van der Waals surface area contributed by atoms with Gasteiger partial charge in [-0.2, -0.15) is 0 Å². The van der Waals surface area contributed by atoms with E-state index in [9.17, 15) is 14.4 Å². The lowest BCUT2D eigenvalue weighted by molar-refractivity contribution is -0.122. The summed E-state index contributed by atoms with van der Waals surface area (Å²) in [6.45, 7) is 5.76. The number of pyridine rings is 1. The Bertz CT molecular complexity index is 1240. The molecule has 1 aliphatic heterocycles. The molecule has 1 aromatic carbocycles. The van der Waals surface area contributed by atoms with Crippen molar-refractivity contribution in [1.29, 1.82) is 0 Å². The standard InChI is InChI=1S/C23H19ClN4O3/c1-13-4-9-20(25-12-13)27-14(2)10-16(15(27)3)11-19-21(29)26-23(31)28(22(19)30)18-7-5-17(24)6-8-18/h4-12H,1-3H3,(H,26,29,31)/b19-11+. The monoisotopic (exact) mass is 434 g/mol. The molecular weight excluding hydrogens is 416 g/mol. The van der Waals surface area contributed by atoms with Gasteiger partial charge in [0.15, 0.2) is 0 Å². The molecule has 0 atom stereocenters. The molecule has 3 aromatic rings. The SMILES string of the molecule is Cc1ccc(-n2c(C)cc(/C=C3\C(=O)NC(=O)N(c4ccc(Cl)cc4)C3=O)c2C)nc1. The van der Waals surface area contributed by atoms with Gasteiger partial charge >= 0.3 is 6.03 Å². The number of hydrogen-bond acceptors (Lipinski definition) is 4. The van der Waals surface area contributed by atoms with Gasteiger partial charge in [-0.15, -0.1) is 0 Å². The maximum absolute atomic E-state index is 13.1. The zero-order valence-electron chi connectivity index (χ0n) is 17.1. The second-order valence-corrected chi connectivity index (χ2v) is 7.73. The summed E-state index contributed by atoms with van der Waals surface area (Å²) in [5.41, 5.74) is 3.63. The van der Waals surface area contributed by atoms with E-state index in [1.807, 2.05) is 43.5 Å². The molecule has 1 N–H and O–H groups in total. The van der Waals surface area contributed by atoms with E-state index in [1.54, 1.807) is 30.5 Å². The van der Waals surface area contributed by atoms with Gasteiger partial charge in [0.2, 0.25) is 0 Å². The van der Waals surface area contributed by atoms with Gasteiger partial charge in [-0.1, -0.05) is 17.7 Å². The number of aromatic nitrogens is 2. The molecule has 0 aliphatic carbocycles. The maximum Gasteiger partial charge on any atom is 0.335 e. The fourth-order valence-electron chi connectivity index (χ4n) is 3.52. The van der Waals surface area contributed by atoms with Gasteiger partial charge in [0.05, 0.1) is 5.69 Å². The summed E-state index contributed by atoms with van der Waals surface area (Å²) < 4.78 is 1.94. The van der Waals surface area contributed by atoms with Crippen LogP contribution in [-0.4, -0.2) is 27.4 Å². The van der Waals surface area contributed by atoms with Crippen LogP contribution in [0.4, 0.5) is 10.5 Å². The summed E-state index contributed by atoms with van der Waals surface area (Å²) in [5, 5.41) is 2.70. The van der Waals surface area contributed by atoms with Gasteiger partial charge in [-0.3, -0.25) is 14.9 Å². The first-order valence-corrected chi connectivity index (χ1v) is 9.93. The minimum atomic E-state index is -0.802. The highest BCUT2D eigenvalue weighted by atomic mass is 35.5. The third-order valence-electron chi connectivity index (χ3n) is 5.08. The summed E-state index contributed by atoms with van der Waals surface area (Å²) in [5.74, 6) is -0.699. The second-order valence-electron chi connectivity index (χ2n) is 7.29. The molecule has 0 bridgehead atoms. The highest BCUT2D eigenvalue weighted by molar-refractivity contribution is 6.39. The number of amides is 4. The van der Waals surface area contributed by atoms with Crippen LogP contribution in [-0.2, 0) is 9.59 Å². The van der Waals surface area contributed by atoms with Crippen LogP contribution in [0.25, 0.3) is 11.9 Å². The van der Waals surface area contributed by atoms with Crippen LogP contribution >= 0.6 is 11.6 Å². The molecule has 156 valence electrons. The lowest BCUT2D eigenvalue weighted by atomic mass is 10.1. The Morgan fingerprint density at radius 1 is 1.00 bits per heavy atom. The van der Waals surface area contributed by atoms with Crippen LogP contribution in [0.2, 0.25) is 5.02 Å². The molecule has 3 heterocycles. The van der Waals surface area contributed by atoms with E-state index < -0.39 is 17.8 Å². The predicted octanol–water partition coefficient (Wildman–Crippen LogP) is 4.12. The molecular formula is C23H19ClN4O3. The molecule has 0 unspecified atom stereocenters. The third kappa shape index (κ3) is 3.75. The average molecular weight is 435 g/mol. The maximum atomic E-state index is 13.1. The number of urea groups is 1. The summed E-state index contributed by atoms with van der Waals surface area (Å²) in [6.07, 6.45) is 3.28. The normalized spacial score (nSPS) is 15.5. The van der Waals surface area contributed by atoms with Crippen molar-refractivity contribution in [2.45, 2.75) is 20.8 Å². The molecule has 7 nitrogen and oxygen atoms in total. The number of carbonyl (C=O) groups is 3. The lowest BCUT2D eigenvalue weighted by Gasteiger charge is -2.26. The summed E-state index contributed by atoms with van der Waals surface area (Å²) >= 11 is 5.90. The lowest BCUT2D eigenvalue weighted by Crippen LogP contribution is -2.54. The second kappa shape index (κ2) is 7.85. The first-order chi connectivity index (χ1) is 14.8. The van der Waals surface area contributed by atoms with Crippen molar-refractivity contribution in [3.8, 4) is 5.82 Å². The van der Waals surface area contributed by atoms with Crippen molar-refractivity contribution in [3.63, 3.8) is 0 Å². The van der Waals surface area contributed by atoms with E-state index in [4.69, 9.17) is 11.6 Å². The largest absolute Gasteiger partial charge is 0.335 e. The van der Waals surface area contributed by atoms with Crippen LogP contribution in [0, 0.1) is 20.8 Å². The van der Waals surface area contributed by atoms with Gasteiger partial charge in [0.1, 0.15) is 11.4 Å². The Morgan fingerprint density at radius 3 is 2.35 bits per heavy atom. The van der Waals surface area contributed by atoms with Crippen LogP contribution in [0.1, 0.15) is 22.5 Å². The fraction of sp³-hybridized carbons (Fsp3) is 0.130. The average Bonchev–Trinajstić information content (AvgIpc) is 3.00. The number of nitrogens with zero attached hydrogens (tertiary/aromatic N) is 3. The van der Waals surface area contributed by atoms with Gasteiger partial charge in [0, 0.05) is 22.6 Å². The van der Waals surface area contributed by atoms with E-state index in [0.29, 0.717) is 16.3 Å². The van der Waals surface area contributed by atoms with Crippen LogP contribution in [0.15, 0.2) is 54.2 Å². The highest BCUT2D eigenvalue weighted by Crippen LogP contribution is 2.26. The fourth-order valence-corrected chi connectivity index (χ4v) is 3.64. The number of hydrogen-bond donors (Lipinski definition) is 1. The van der Waals surface area contributed by atoms with Crippen molar-refractivity contribution in [2.24, 2.45) is 0 Å². The number of carbonyl (C=O) groups excluding carboxylic acids is 3. The zero-order valence-corrected chi connectivity index (χ0v) is 17.9. The minimum Gasteiger partial charge on any atom is -0.303 e. The molecule has 2 aromatic heterocycles. The first kappa shape index (κ1) is 20.6. The van der Waals surface area contributed by atoms with E-state index in [0.717, 1.165) is 27.7 Å². The number of imide groups is 2. The van der Waals surface area contributed by atoms with E-state index >= 15 is 0 Å². The number of aryl methyl sites for hydroxylation is 2. The zero-order chi connectivity index (χ0) is 22.3. The number of halogens is 1. The Kier molecular flexibility index (Phi) is 5.20. The molecule has 4 amide bonds. The molecule has 1 saturated heterocycles. The van der Waals surface area contributed by atoms with Gasteiger partial charge < -0.3 is 4.57 Å². The molecule has 0 spiro atoms. The highest BCUT2D eigenvalue weighted by Gasteiger charge is 2.37. The number of nitrogens with one attached hydrogen (secondary N) is 1. The topological polar surface area (TPSA) is 84.3 Å². The van der Waals surface area contributed by atoms with Crippen molar-refractivity contribution < 1.29 is 14.4 Å². The summed E-state index contributed by atoms with van der Waals surface area (Å²) in [4.78, 5) is 43.3. The molecule has 1 aliphatic rings. The van der Waals surface area contributed by atoms with E-state index in [-0.39, 0.29) is 5.57 Å². The van der Waals surface area contributed by atoms with Crippen molar-refractivity contribution >= 4 is 41.2 Å². The minimum absolute atomic E-state index is 0.133. The molecule has 8 heteroatoms. The number of rotatable bonds is 3. The van der Waals surface area contributed by atoms with Crippen LogP contribution < -0.4 is 10.2 Å². The van der Waals surface area contributed by atoms with Gasteiger partial charge in [-0.05, 0) is 74.4 Å².